The van der Waals surface area contributed by atoms with Gasteiger partial charge in [0.15, 0.2) is 0 Å². The van der Waals surface area contributed by atoms with Crippen molar-refractivity contribution in [2.45, 2.75) is 32.6 Å². The van der Waals surface area contributed by atoms with Crippen LogP contribution in [-0.4, -0.2) is 33.1 Å². The van der Waals surface area contributed by atoms with Crippen LogP contribution >= 0.6 is 0 Å². The molecule has 0 spiro atoms. The van der Waals surface area contributed by atoms with Gasteiger partial charge in [-0.05, 0) is 19.3 Å². The quantitative estimate of drug-likeness (QED) is 0.449. The van der Waals surface area contributed by atoms with Gasteiger partial charge in [0.25, 0.3) is 0 Å². The first-order chi connectivity index (χ1) is 6.81. The number of unbranched alkanes of at least 4 members (excludes halogenated alkanes) is 2. The topological polar surface area (TPSA) is 44.8 Å². The number of carbonyl (C=O) groups is 1. The van der Waals surface area contributed by atoms with Crippen molar-refractivity contribution in [1.29, 1.82) is 0 Å². The summed E-state index contributed by atoms with van der Waals surface area (Å²) in [6, 6.07) is 0. The Morgan fingerprint density at radius 3 is 2.36 bits per heavy atom. The lowest BCUT2D eigenvalue weighted by Crippen LogP contribution is -2.06. The second-order valence-corrected chi connectivity index (χ2v) is 2.98. The van der Waals surface area contributed by atoms with E-state index in [1.54, 1.807) is 0 Å². The maximum atomic E-state index is 10.5. The summed E-state index contributed by atoms with van der Waals surface area (Å²) in [6.07, 6.45) is 3.39. The molecule has 0 unspecified atom stereocenters. The number of ether oxygens (including phenoxy) is 3. The highest BCUT2D eigenvalue weighted by Crippen LogP contribution is 1.94. The summed E-state index contributed by atoms with van der Waals surface area (Å²) in [4.78, 5) is 10.5. The molecule has 0 bridgehead atoms. The molecule has 0 atom stereocenters. The maximum Gasteiger partial charge on any atom is 0.507 e. The van der Waals surface area contributed by atoms with E-state index in [2.05, 4.69) is 11.7 Å². The van der Waals surface area contributed by atoms with Crippen molar-refractivity contribution >= 4 is 6.16 Å². The van der Waals surface area contributed by atoms with Crippen molar-refractivity contribution in [2.75, 3.05) is 26.9 Å². The van der Waals surface area contributed by atoms with Gasteiger partial charge in [-0.1, -0.05) is 13.3 Å². The minimum atomic E-state index is -0.614. The van der Waals surface area contributed by atoms with Crippen LogP contribution in [0, 0.1) is 0 Å². The predicted octanol–water partition coefficient (Wildman–Crippen LogP) is 2.37. The largest absolute Gasteiger partial charge is 0.507 e. The molecule has 0 N–H and O–H groups in total. The van der Waals surface area contributed by atoms with Crippen LogP contribution in [-0.2, 0) is 14.2 Å². The van der Waals surface area contributed by atoms with E-state index in [1.165, 1.54) is 7.11 Å². The molecule has 0 aliphatic heterocycles. The summed E-state index contributed by atoms with van der Waals surface area (Å²) >= 11 is 0. The molecule has 0 heterocycles. The van der Waals surface area contributed by atoms with Crippen molar-refractivity contribution in [1.82, 2.24) is 0 Å². The monoisotopic (exact) mass is 204 g/mol. The molecule has 0 aliphatic carbocycles. The van der Waals surface area contributed by atoms with Crippen LogP contribution in [0.15, 0.2) is 0 Å². The van der Waals surface area contributed by atoms with Gasteiger partial charge in [-0.2, -0.15) is 0 Å². The van der Waals surface area contributed by atoms with E-state index in [0.717, 1.165) is 38.9 Å². The van der Waals surface area contributed by atoms with Crippen LogP contribution in [0.1, 0.15) is 32.6 Å². The van der Waals surface area contributed by atoms with Gasteiger partial charge >= 0.3 is 6.16 Å². The second-order valence-electron chi connectivity index (χ2n) is 2.98. The molecule has 0 aromatic rings. The Hall–Kier alpha value is -0.770. The van der Waals surface area contributed by atoms with Crippen molar-refractivity contribution in [3.8, 4) is 0 Å². The van der Waals surface area contributed by atoms with Crippen molar-refractivity contribution < 1.29 is 19.0 Å². The van der Waals surface area contributed by atoms with E-state index in [0.29, 0.717) is 6.61 Å². The Morgan fingerprint density at radius 2 is 1.71 bits per heavy atom. The number of hydrogen-bond donors (Lipinski definition) is 0. The Morgan fingerprint density at radius 1 is 1.07 bits per heavy atom. The first-order valence-corrected chi connectivity index (χ1v) is 5.09. The molecular weight excluding hydrogens is 184 g/mol. The van der Waals surface area contributed by atoms with E-state index in [4.69, 9.17) is 9.47 Å². The molecule has 0 saturated heterocycles. The normalized spacial score (nSPS) is 9.86. The molecule has 0 amide bonds. The van der Waals surface area contributed by atoms with Crippen LogP contribution < -0.4 is 0 Å². The molecule has 0 saturated carbocycles. The van der Waals surface area contributed by atoms with Gasteiger partial charge in [-0.15, -0.1) is 0 Å². The zero-order valence-electron chi connectivity index (χ0n) is 9.08. The highest BCUT2D eigenvalue weighted by Gasteiger charge is 1.98. The van der Waals surface area contributed by atoms with Crippen LogP contribution in [0.5, 0.6) is 0 Å². The fourth-order valence-electron chi connectivity index (χ4n) is 0.869. The second kappa shape index (κ2) is 10.3. The fourth-order valence-corrected chi connectivity index (χ4v) is 0.869. The Labute approximate surface area is 85.5 Å². The molecule has 0 fully saturated rings. The zero-order chi connectivity index (χ0) is 10.6. The SMILES string of the molecule is CCCCOCCCCOC(=O)OC. The first kappa shape index (κ1) is 13.2. The van der Waals surface area contributed by atoms with Gasteiger partial charge < -0.3 is 14.2 Å². The average molecular weight is 204 g/mol. The summed E-state index contributed by atoms with van der Waals surface area (Å²) in [7, 11) is 1.30. The summed E-state index contributed by atoms with van der Waals surface area (Å²) in [5, 5.41) is 0. The van der Waals surface area contributed by atoms with Gasteiger partial charge in [-0.3, -0.25) is 0 Å². The lowest BCUT2D eigenvalue weighted by Gasteiger charge is -2.04. The molecule has 4 heteroatoms. The van der Waals surface area contributed by atoms with Gasteiger partial charge in [0.05, 0.1) is 13.7 Å². The van der Waals surface area contributed by atoms with E-state index in [1.807, 2.05) is 0 Å². The summed E-state index contributed by atoms with van der Waals surface area (Å²) in [5.74, 6) is 0. The molecule has 14 heavy (non-hydrogen) atoms. The number of hydrogen-bond acceptors (Lipinski definition) is 4. The Kier molecular flexibility index (Phi) is 9.74. The standard InChI is InChI=1S/C10H20O4/c1-3-4-7-13-8-5-6-9-14-10(11)12-2/h3-9H2,1-2H3. The molecule has 4 nitrogen and oxygen atoms in total. The molecule has 0 radical (unpaired) electrons. The molecule has 0 rings (SSSR count). The van der Waals surface area contributed by atoms with Gasteiger partial charge in [0.1, 0.15) is 0 Å². The highest BCUT2D eigenvalue weighted by atomic mass is 16.7. The van der Waals surface area contributed by atoms with Crippen LogP contribution in [0.3, 0.4) is 0 Å². The van der Waals surface area contributed by atoms with Gasteiger partial charge in [0.2, 0.25) is 0 Å². The summed E-state index contributed by atoms with van der Waals surface area (Å²) in [6.45, 7) is 4.11. The first-order valence-electron chi connectivity index (χ1n) is 5.09. The number of methoxy groups -OCH3 is 1. The highest BCUT2D eigenvalue weighted by molar-refractivity contribution is 5.59. The maximum absolute atomic E-state index is 10.5. The lowest BCUT2D eigenvalue weighted by molar-refractivity contribution is 0.0670. The average Bonchev–Trinajstić information content (AvgIpc) is 2.21. The Bertz CT molecular complexity index is 136. The van der Waals surface area contributed by atoms with Gasteiger partial charge in [-0.25, -0.2) is 4.79 Å². The van der Waals surface area contributed by atoms with E-state index < -0.39 is 6.16 Å². The fraction of sp³-hybridized carbons (Fsp3) is 0.900. The third-order valence-corrected chi connectivity index (χ3v) is 1.71. The third kappa shape index (κ3) is 9.32. The number of carbonyl (C=O) groups excluding carboxylic acids is 1. The summed E-state index contributed by atoms with van der Waals surface area (Å²) < 4.78 is 14.4. The van der Waals surface area contributed by atoms with E-state index in [9.17, 15) is 4.79 Å². The van der Waals surface area contributed by atoms with E-state index >= 15 is 0 Å². The lowest BCUT2D eigenvalue weighted by atomic mass is 10.3. The van der Waals surface area contributed by atoms with Crippen molar-refractivity contribution in [3.05, 3.63) is 0 Å². The van der Waals surface area contributed by atoms with Gasteiger partial charge in [0, 0.05) is 13.2 Å². The Balaban J connectivity index is 2.95. The zero-order valence-corrected chi connectivity index (χ0v) is 9.08. The molecule has 0 aromatic heterocycles. The minimum absolute atomic E-state index is 0.407. The van der Waals surface area contributed by atoms with Crippen LogP contribution in [0.4, 0.5) is 4.79 Å². The predicted molar refractivity (Wildman–Crippen MR) is 53.3 cm³/mol. The molecule has 0 aliphatic rings. The minimum Gasteiger partial charge on any atom is -0.438 e. The van der Waals surface area contributed by atoms with Crippen LogP contribution in [0.2, 0.25) is 0 Å². The smallest absolute Gasteiger partial charge is 0.438 e. The molecular formula is C10H20O4. The van der Waals surface area contributed by atoms with Crippen molar-refractivity contribution in [3.63, 3.8) is 0 Å². The number of rotatable bonds is 8. The molecule has 0 aromatic carbocycles. The third-order valence-electron chi connectivity index (χ3n) is 1.71. The molecule has 84 valence electrons. The summed E-state index contributed by atoms with van der Waals surface area (Å²) in [5.41, 5.74) is 0. The van der Waals surface area contributed by atoms with Crippen molar-refractivity contribution in [2.24, 2.45) is 0 Å². The van der Waals surface area contributed by atoms with Crippen LogP contribution in [0.25, 0.3) is 0 Å². The van der Waals surface area contributed by atoms with E-state index in [-0.39, 0.29) is 0 Å².